The Kier molecular flexibility index (Phi) is 5.06. The number of pyridine rings is 1. The molecule has 100 valence electrons. The molecule has 0 spiro atoms. The molecular weight excluding hydrogens is 232 g/mol. The highest BCUT2D eigenvalue weighted by Gasteiger charge is 2.20. The number of amides is 1. The molecule has 0 saturated heterocycles. The molecule has 6 heteroatoms. The molecule has 0 saturated carbocycles. The molecule has 1 rings (SSSR count). The van der Waals surface area contributed by atoms with Crippen LogP contribution in [0.2, 0.25) is 0 Å². The van der Waals surface area contributed by atoms with Gasteiger partial charge in [0.2, 0.25) is 0 Å². The molecule has 6 nitrogen and oxygen atoms in total. The van der Waals surface area contributed by atoms with Crippen molar-refractivity contribution in [1.29, 1.82) is 0 Å². The second-order valence-electron chi connectivity index (χ2n) is 4.24. The maximum absolute atomic E-state index is 12.3. The lowest BCUT2D eigenvalue weighted by molar-refractivity contribution is 0.0634. The molecule has 3 N–H and O–H groups in total. The first-order valence-electron chi connectivity index (χ1n) is 5.70. The minimum Gasteiger partial charge on any atom is -0.383 e. The zero-order valence-corrected chi connectivity index (χ0v) is 11.2. The van der Waals surface area contributed by atoms with Crippen molar-refractivity contribution < 1.29 is 9.53 Å². The fourth-order valence-electron chi connectivity index (χ4n) is 1.59. The molecule has 1 atom stereocenters. The van der Waals surface area contributed by atoms with Crippen molar-refractivity contribution in [2.45, 2.75) is 19.9 Å². The number of hydrogen-bond donors (Lipinski definition) is 2. The molecule has 1 aromatic heterocycles. The van der Waals surface area contributed by atoms with Gasteiger partial charge in [-0.15, -0.1) is 0 Å². The molecule has 0 fully saturated rings. The van der Waals surface area contributed by atoms with Crippen LogP contribution in [0.15, 0.2) is 12.3 Å². The van der Waals surface area contributed by atoms with Crippen molar-refractivity contribution >= 4 is 11.6 Å². The van der Waals surface area contributed by atoms with Gasteiger partial charge in [0.25, 0.3) is 5.91 Å². The Labute approximate surface area is 107 Å². The monoisotopic (exact) mass is 252 g/mol. The van der Waals surface area contributed by atoms with Crippen molar-refractivity contribution in [2.75, 3.05) is 26.2 Å². The molecule has 1 aromatic rings. The van der Waals surface area contributed by atoms with E-state index in [2.05, 4.69) is 10.4 Å². The van der Waals surface area contributed by atoms with Crippen LogP contribution in [0.4, 0.5) is 5.69 Å². The molecule has 0 radical (unpaired) electrons. The van der Waals surface area contributed by atoms with Gasteiger partial charge in [-0.05, 0) is 19.9 Å². The predicted molar refractivity (Wildman–Crippen MR) is 70.2 cm³/mol. The second kappa shape index (κ2) is 6.32. The molecule has 1 heterocycles. The fraction of sp³-hybridized carbons (Fsp3) is 0.500. The van der Waals surface area contributed by atoms with E-state index >= 15 is 0 Å². The number of methoxy groups -OCH3 is 1. The van der Waals surface area contributed by atoms with Gasteiger partial charge >= 0.3 is 0 Å². The Hall–Kier alpha value is -1.66. The van der Waals surface area contributed by atoms with E-state index in [0.717, 1.165) is 5.69 Å². The molecule has 0 aliphatic heterocycles. The summed E-state index contributed by atoms with van der Waals surface area (Å²) >= 11 is 0. The van der Waals surface area contributed by atoms with Crippen LogP contribution >= 0.6 is 0 Å². The van der Waals surface area contributed by atoms with Crippen LogP contribution in [0, 0.1) is 6.92 Å². The summed E-state index contributed by atoms with van der Waals surface area (Å²) in [7, 11) is 3.33. The number of anilines is 1. The van der Waals surface area contributed by atoms with Crippen LogP contribution in [0.5, 0.6) is 0 Å². The second-order valence-corrected chi connectivity index (χ2v) is 4.24. The van der Waals surface area contributed by atoms with Crippen LogP contribution in [0.1, 0.15) is 23.0 Å². The van der Waals surface area contributed by atoms with Gasteiger partial charge in [0.15, 0.2) is 0 Å². The van der Waals surface area contributed by atoms with E-state index in [4.69, 9.17) is 10.6 Å². The number of carbonyl (C=O) groups is 1. The van der Waals surface area contributed by atoms with E-state index in [1.54, 1.807) is 25.1 Å². The van der Waals surface area contributed by atoms with Gasteiger partial charge in [-0.25, -0.2) is 0 Å². The lowest BCUT2D eigenvalue weighted by Crippen LogP contribution is -2.38. The number of carbonyl (C=O) groups excluding carboxylic acids is 1. The van der Waals surface area contributed by atoms with E-state index < -0.39 is 0 Å². The number of nitrogens with two attached hydrogens (primary N) is 1. The summed E-state index contributed by atoms with van der Waals surface area (Å²) in [6.45, 7) is 4.23. The molecule has 0 aliphatic rings. The third-order valence-corrected chi connectivity index (χ3v) is 2.82. The van der Waals surface area contributed by atoms with Crippen LogP contribution < -0.4 is 11.3 Å². The average Bonchev–Trinajstić information content (AvgIpc) is 2.37. The van der Waals surface area contributed by atoms with Crippen molar-refractivity contribution in [3.05, 3.63) is 23.5 Å². The van der Waals surface area contributed by atoms with E-state index in [1.807, 2.05) is 13.8 Å². The summed E-state index contributed by atoms with van der Waals surface area (Å²) < 4.78 is 5.04. The average molecular weight is 252 g/mol. The maximum atomic E-state index is 12.3. The Morgan fingerprint density at radius 1 is 1.67 bits per heavy atom. The number of aromatic nitrogens is 1. The molecule has 1 amide bonds. The number of rotatable bonds is 5. The quantitative estimate of drug-likeness (QED) is 0.598. The summed E-state index contributed by atoms with van der Waals surface area (Å²) in [5.41, 5.74) is 4.35. The first kappa shape index (κ1) is 14.4. The molecule has 0 aromatic carbocycles. The number of hydrogen-bond acceptors (Lipinski definition) is 5. The number of hydrazine groups is 1. The van der Waals surface area contributed by atoms with Gasteiger partial charge < -0.3 is 15.1 Å². The number of nitrogens with zero attached hydrogens (tertiary/aromatic N) is 2. The summed E-state index contributed by atoms with van der Waals surface area (Å²) in [4.78, 5) is 18.0. The van der Waals surface area contributed by atoms with Gasteiger partial charge in [0, 0.05) is 26.0 Å². The van der Waals surface area contributed by atoms with E-state index in [9.17, 15) is 4.79 Å². The third kappa shape index (κ3) is 3.18. The number of nitrogens with one attached hydrogen (secondary N) is 1. The lowest BCUT2D eigenvalue weighted by Gasteiger charge is -2.25. The van der Waals surface area contributed by atoms with Gasteiger partial charge in [0.05, 0.1) is 23.9 Å². The zero-order chi connectivity index (χ0) is 13.7. The topological polar surface area (TPSA) is 80.5 Å². The van der Waals surface area contributed by atoms with E-state index in [-0.39, 0.29) is 11.9 Å². The lowest BCUT2D eigenvalue weighted by atomic mass is 10.1. The molecule has 18 heavy (non-hydrogen) atoms. The van der Waals surface area contributed by atoms with Crippen molar-refractivity contribution in [3.8, 4) is 0 Å². The Morgan fingerprint density at radius 2 is 2.33 bits per heavy atom. The van der Waals surface area contributed by atoms with Gasteiger partial charge in [-0.2, -0.15) is 0 Å². The van der Waals surface area contributed by atoms with Crippen molar-refractivity contribution in [1.82, 2.24) is 9.88 Å². The summed E-state index contributed by atoms with van der Waals surface area (Å²) in [5.74, 6) is 5.28. The molecule has 1 unspecified atom stereocenters. The first-order chi connectivity index (χ1) is 8.51. The number of nitrogen functional groups attached to an aromatic ring is 1. The minimum absolute atomic E-state index is 0.0190. The molecule has 0 aliphatic carbocycles. The highest BCUT2D eigenvalue weighted by molar-refractivity contribution is 5.99. The highest BCUT2D eigenvalue weighted by Crippen LogP contribution is 2.17. The van der Waals surface area contributed by atoms with Crippen LogP contribution in [-0.2, 0) is 4.74 Å². The Balaban J connectivity index is 2.96. The van der Waals surface area contributed by atoms with Gasteiger partial charge in [-0.3, -0.25) is 15.6 Å². The maximum Gasteiger partial charge on any atom is 0.257 e. The van der Waals surface area contributed by atoms with Gasteiger partial charge in [-0.1, -0.05) is 0 Å². The van der Waals surface area contributed by atoms with Crippen molar-refractivity contribution in [2.24, 2.45) is 5.84 Å². The van der Waals surface area contributed by atoms with Gasteiger partial charge in [0.1, 0.15) is 0 Å². The fourth-order valence-corrected chi connectivity index (χ4v) is 1.59. The smallest absolute Gasteiger partial charge is 0.257 e. The van der Waals surface area contributed by atoms with E-state index in [1.165, 1.54) is 6.20 Å². The van der Waals surface area contributed by atoms with Crippen LogP contribution in [-0.4, -0.2) is 42.6 Å². The summed E-state index contributed by atoms with van der Waals surface area (Å²) in [5, 5.41) is 0. The Morgan fingerprint density at radius 3 is 2.89 bits per heavy atom. The molecular formula is C12H20N4O2. The standard InChI is InChI=1S/C12H20N4O2/c1-8-5-11(15-13)10(6-14-8)12(17)16(3)9(2)7-18-4/h5-6,9H,7,13H2,1-4H3,(H,14,15). The Bertz CT molecular complexity index is 423. The van der Waals surface area contributed by atoms with Crippen LogP contribution in [0.25, 0.3) is 0 Å². The first-order valence-corrected chi connectivity index (χ1v) is 5.70. The summed E-state index contributed by atoms with van der Waals surface area (Å²) in [6.07, 6.45) is 1.53. The largest absolute Gasteiger partial charge is 0.383 e. The number of likely N-dealkylation sites (N-methyl/N-ethyl adjacent to an activating group) is 1. The highest BCUT2D eigenvalue weighted by atomic mass is 16.5. The third-order valence-electron chi connectivity index (χ3n) is 2.82. The molecule has 0 bridgehead atoms. The zero-order valence-electron chi connectivity index (χ0n) is 11.2. The predicted octanol–water partition coefficient (Wildman–Crippen LogP) is 0.783. The number of aryl methyl sites for hydroxylation is 1. The number of ether oxygens (including phenoxy) is 1. The van der Waals surface area contributed by atoms with E-state index in [0.29, 0.717) is 17.9 Å². The minimum atomic E-state index is -0.139. The SMILES string of the molecule is COCC(C)N(C)C(=O)c1cnc(C)cc1NN. The summed E-state index contributed by atoms with van der Waals surface area (Å²) in [6, 6.07) is 1.72. The van der Waals surface area contributed by atoms with Crippen molar-refractivity contribution in [3.63, 3.8) is 0 Å². The normalized spacial score (nSPS) is 12.1. The van der Waals surface area contributed by atoms with Crippen LogP contribution in [0.3, 0.4) is 0 Å².